The molecule has 7 N–H and O–H groups in total. The number of hydrogen-bond acceptors (Lipinski definition) is 8. The second-order valence-electron chi connectivity index (χ2n) is 9.52. The topological polar surface area (TPSA) is 187 Å². The van der Waals surface area contributed by atoms with E-state index in [1.807, 2.05) is 0 Å². The lowest BCUT2D eigenvalue weighted by Gasteiger charge is -2.21. The van der Waals surface area contributed by atoms with Crippen molar-refractivity contribution < 1.29 is 14.4 Å². The van der Waals surface area contributed by atoms with Crippen molar-refractivity contribution in [2.45, 2.75) is 44.2 Å². The molecule has 0 saturated carbocycles. The summed E-state index contributed by atoms with van der Waals surface area (Å²) < 4.78 is 1.70. The van der Waals surface area contributed by atoms with Gasteiger partial charge in [-0.2, -0.15) is 0 Å². The minimum absolute atomic E-state index is 0.0270. The van der Waals surface area contributed by atoms with Crippen LogP contribution in [0.25, 0.3) is 5.65 Å². The number of guanidine groups is 1. The molecule has 3 aromatic heterocycles. The molecule has 0 aromatic carbocycles. The number of hydrogen-bond donors (Lipinski definition) is 4. The van der Waals surface area contributed by atoms with Gasteiger partial charge in [0, 0.05) is 56.3 Å². The Morgan fingerprint density at radius 1 is 1.21 bits per heavy atom. The molecular weight excluding hydrogens is 542 g/mol. The highest BCUT2D eigenvalue weighted by Crippen LogP contribution is 2.35. The summed E-state index contributed by atoms with van der Waals surface area (Å²) in [6, 6.07) is 2.84. The fourth-order valence-corrected chi connectivity index (χ4v) is 5.80. The average molecular weight is 574 g/mol. The van der Waals surface area contributed by atoms with Crippen LogP contribution in [-0.2, 0) is 4.79 Å². The molecule has 0 bridgehead atoms. The van der Waals surface area contributed by atoms with Gasteiger partial charge in [0.2, 0.25) is 5.91 Å². The number of nitrogens with two attached hydrogens (primary N) is 3. The summed E-state index contributed by atoms with van der Waals surface area (Å²) in [5.41, 5.74) is 18.1. The lowest BCUT2D eigenvalue weighted by atomic mass is 9.94. The van der Waals surface area contributed by atoms with Gasteiger partial charge in [-0.15, -0.1) is 11.3 Å². The number of nitrogens with zero attached hydrogens (tertiary/aromatic N) is 5. The predicted molar refractivity (Wildman–Crippen MR) is 150 cm³/mol. The fraction of sp³-hybridized carbons (Fsp3) is 0.440. The SMILES string of the molecule is CNC(=O)[C@@H](CCCCN=C(N)N)CC(=O)c1csc([C@@H]2C[C@@H](N)CN2C(=O)c2cn3cc(Cl)ccc3n2)n1. The van der Waals surface area contributed by atoms with Crippen LogP contribution in [0.4, 0.5) is 0 Å². The lowest BCUT2D eigenvalue weighted by Crippen LogP contribution is -2.33. The minimum Gasteiger partial charge on any atom is -0.370 e. The molecule has 12 nitrogen and oxygen atoms in total. The van der Waals surface area contributed by atoms with Crippen LogP contribution in [0.5, 0.6) is 0 Å². The zero-order valence-corrected chi connectivity index (χ0v) is 23.1. The Hall–Kier alpha value is -3.55. The van der Waals surface area contributed by atoms with Gasteiger partial charge in [0.25, 0.3) is 5.91 Å². The highest BCUT2D eigenvalue weighted by molar-refractivity contribution is 7.09. The number of fused-ring (bicyclic) bond motifs is 1. The lowest BCUT2D eigenvalue weighted by molar-refractivity contribution is -0.124. The van der Waals surface area contributed by atoms with Crippen molar-refractivity contribution in [2.75, 3.05) is 20.1 Å². The number of nitrogens with one attached hydrogen (secondary N) is 1. The maximum absolute atomic E-state index is 13.4. The van der Waals surface area contributed by atoms with E-state index in [0.29, 0.717) is 54.5 Å². The van der Waals surface area contributed by atoms with Crippen molar-refractivity contribution in [3.8, 4) is 0 Å². The summed E-state index contributed by atoms with van der Waals surface area (Å²) >= 11 is 7.37. The first-order valence-corrected chi connectivity index (χ1v) is 13.9. The number of Topliss-reactive ketones (excluding diaryl/α,β-unsaturated/α-hetero) is 1. The third-order valence-electron chi connectivity index (χ3n) is 6.63. The van der Waals surface area contributed by atoms with Gasteiger partial charge in [0.15, 0.2) is 11.7 Å². The number of halogens is 1. The van der Waals surface area contributed by atoms with Crippen LogP contribution in [0.2, 0.25) is 5.02 Å². The van der Waals surface area contributed by atoms with E-state index >= 15 is 0 Å². The number of aromatic nitrogens is 3. The predicted octanol–water partition coefficient (Wildman–Crippen LogP) is 1.74. The number of carbonyl (C=O) groups excluding carboxylic acids is 3. The molecule has 4 heterocycles. The number of thiazole rings is 1. The van der Waals surface area contributed by atoms with Crippen molar-refractivity contribution in [3.05, 3.63) is 51.3 Å². The standard InChI is InChI=1S/C25H32ClN9O3S/c1-30-22(37)14(4-2-3-7-31-25(28)29)8-20(36)18-13-39-23(33-18)19-9-16(27)11-35(19)24(38)17-12-34-10-15(26)5-6-21(34)32-17/h5-6,10,12-14,16,19H,2-4,7-9,11,27H2,1H3,(H,30,37)(H4,28,29,31)/t14-,16+,19-/m0/s1. The zero-order chi connectivity index (χ0) is 28.1. The summed E-state index contributed by atoms with van der Waals surface area (Å²) in [5, 5.41) is 5.47. The number of rotatable bonds is 11. The van der Waals surface area contributed by atoms with Gasteiger partial charge < -0.3 is 31.8 Å². The quantitative estimate of drug-likeness (QED) is 0.115. The highest BCUT2D eigenvalue weighted by atomic mass is 35.5. The first-order chi connectivity index (χ1) is 18.7. The number of carbonyl (C=O) groups is 3. The van der Waals surface area contributed by atoms with Gasteiger partial charge in [0.1, 0.15) is 22.0 Å². The van der Waals surface area contributed by atoms with E-state index in [1.165, 1.54) is 11.3 Å². The van der Waals surface area contributed by atoms with E-state index in [4.69, 9.17) is 28.8 Å². The molecule has 0 unspecified atom stereocenters. The Bertz CT molecular complexity index is 1380. The van der Waals surface area contributed by atoms with Gasteiger partial charge in [0.05, 0.1) is 11.1 Å². The molecule has 39 heavy (non-hydrogen) atoms. The molecular formula is C25H32ClN9O3S. The van der Waals surface area contributed by atoms with E-state index in [1.54, 1.807) is 46.3 Å². The maximum atomic E-state index is 13.4. The molecule has 14 heteroatoms. The van der Waals surface area contributed by atoms with Crippen LogP contribution in [0.3, 0.4) is 0 Å². The number of amides is 2. The summed E-state index contributed by atoms with van der Waals surface area (Å²) in [7, 11) is 1.55. The molecule has 1 saturated heterocycles. The summed E-state index contributed by atoms with van der Waals surface area (Å²) in [6.07, 6.45) is 5.78. The van der Waals surface area contributed by atoms with E-state index in [-0.39, 0.29) is 53.4 Å². The highest BCUT2D eigenvalue weighted by Gasteiger charge is 2.38. The summed E-state index contributed by atoms with van der Waals surface area (Å²) in [4.78, 5) is 53.5. The Kier molecular flexibility index (Phi) is 9.15. The molecule has 4 rings (SSSR count). The third-order valence-corrected chi connectivity index (χ3v) is 7.79. The largest absolute Gasteiger partial charge is 0.370 e. The van der Waals surface area contributed by atoms with Crippen LogP contribution in [0, 0.1) is 5.92 Å². The zero-order valence-electron chi connectivity index (χ0n) is 21.5. The van der Waals surface area contributed by atoms with Gasteiger partial charge >= 0.3 is 0 Å². The fourth-order valence-electron chi connectivity index (χ4n) is 4.68. The molecule has 1 fully saturated rings. The van der Waals surface area contributed by atoms with Gasteiger partial charge in [-0.05, 0) is 31.4 Å². The second-order valence-corrected chi connectivity index (χ2v) is 10.8. The molecule has 208 valence electrons. The first-order valence-electron chi connectivity index (χ1n) is 12.6. The number of unbranched alkanes of at least 4 members (excludes halogenated alkanes) is 1. The summed E-state index contributed by atoms with van der Waals surface area (Å²) in [6.45, 7) is 0.813. The number of pyridine rings is 1. The molecule has 1 aliphatic rings. The van der Waals surface area contributed by atoms with E-state index in [9.17, 15) is 14.4 Å². The number of imidazole rings is 1. The number of aliphatic imine (C=N–C) groups is 1. The molecule has 2 amide bonds. The molecule has 0 spiro atoms. The molecule has 0 aliphatic carbocycles. The Labute approximate surface area is 234 Å². The molecule has 3 aromatic rings. The molecule has 0 radical (unpaired) electrons. The molecule has 1 aliphatic heterocycles. The maximum Gasteiger partial charge on any atom is 0.274 e. The van der Waals surface area contributed by atoms with Gasteiger partial charge in [-0.3, -0.25) is 19.4 Å². The number of ketones is 1. The minimum atomic E-state index is -0.492. The van der Waals surface area contributed by atoms with E-state index in [2.05, 4.69) is 20.3 Å². The van der Waals surface area contributed by atoms with Gasteiger partial charge in [-0.1, -0.05) is 18.0 Å². The van der Waals surface area contributed by atoms with Crippen LogP contribution < -0.4 is 22.5 Å². The smallest absolute Gasteiger partial charge is 0.274 e. The normalized spacial score (nSPS) is 17.8. The van der Waals surface area contributed by atoms with Crippen LogP contribution in [-0.4, -0.2) is 69.0 Å². The average Bonchev–Trinajstić information content (AvgIpc) is 3.64. The van der Waals surface area contributed by atoms with Crippen LogP contribution in [0.1, 0.15) is 64.1 Å². The van der Waals surface area contributed by atoms with E-state index < -0.39 is 5.92 Å². The second kappa shape index (κ2) is 12.5. The Morgan fingerprint density at radius 3 is 2.74 bits per heavy atom. The Balaban J connectivity index is 1.44. The third kappa shape index (κ3) is 6.91. The van der Waals surface area contributed by atoms with Crippen molar-refractivity contribution in [2.24, 2.45) is 28.1 Å². The Morgan fingerprint density at radius 2 is 2.00 bits per heavy atom. The van der Waals surface area contributed by atoms with Crippen LogP contribution >= 0.6 is 22.9 Å². The van der Waals surface area contributed by atoms with Gasteiger partial charge in [-0.25, -0.2) is 9.97 Å². The van der Waals surface area contributed by atoms with Crippen molar-refractivity contribution in [1.82, 2.24) is 24.6 Å². The number of likely N-dealkylation sites (tertiary alicyclic amines) is 1. The monoisotopic (exact) mass is 573 g/mol. The van der Waals surface area contributed by atoms with Crippen molar-refractivity contribution >= 4 is 52.1 Å². The van der Waals surface area contributed by atoms with E-state index in [0.717, 1.165) is 0 Å². The van der Waals surface area contributed by atoms with Crippen LogP contribution in [0.15, 0.2) is 34.9 Å². The van der Waals surface area contributed by atoms with Crippen molar-refractivity contribution in [3.63, 3.8) is 0 Å². The summed E-state index contributed by atoms with van der Waals surface area (Å²) in [5.74, 6) is -1.16. The van der Waals surface area contributed by atoms with Crippen molar-refractivity contribution in [1.29, 1.82) is 0 Å². The molecule has 3 atom stereocenters. The first kappa shape index (κ1) is 28.5.